The number of hydrogen-bond donors (Lipinski definition) is 2. The molecule has 6 heteroatoms. The van der Waals surface area contributed by atoms with E-state index in [1.807, 2.05) is 31.4 Å². The van der Waals surface area contributed by atoms with E-state index in [0.717, 1.165) is 4.88 Å². The van der Waals surface area contributed by atoms with Crippen molar-refractivity contribution in [3.8, 4) is 10.6 Å². The molecule has 2 aromatic rings. The monoisotopic (exact) mass is 294 g/mol. The molecule has 2 N–H and O–H groups in total. The van der Waals surface area contributed by atoms with Crippen molar-refractivity contribution in [1.29, 1.82) is 0 Å². The van der Waals surface area contributed by atoms with Gasteiger partial charge in [0.15, 0.2) is 17.8 Å². The summed E-state index contributed by atoms with van der Waals surface area (Å²) in [6, 6.07) is 3.75. The molecule has 2 rings (SSSR count). The number of hydrogen-bond acceptors (Lipinski definition) is 5. The Hall–Kier alpha value is -1.66. The molecule has 0 bridgehead atoms. The van der Waals surface area contributed by atoms with E-state index >= 15 is 0 Å². The van der Waals surface area contributed by atoms with Crippen LogP contribution in [0.3, 0.4) is 0 Å². The van der Waals surface area contributed by atoms with E-state index in [2.05, 4.69) is 10.3 Å². The van der Waals surface area contributed by atoms with E-state index in [1.54, 1.807) is 6.92 Å². The smallest absolute Gasteiger partial charge is 0.274 e. The molecule has 0 saturated carbocycles. The minimum atomic E-state index is -0.956. The Balaban J connectivity index is 2.10. The molecule has 0 spiro atoms. The molecule has 5 nitrogen and oxygen atoms in total. The van der Waals surface area contributed by atoms with Crippen molar-refractivity contribution in [2.45, 2.75) is 26.4 Å². The Bertz CT molecular complexity index is 573. The standard InChI is InChI=1S/C14H18N2O3S/c1-9(2)14(3,18)7-15-13(17)11-12(19-8-16-11)10-5-4-6-20-10/h4-6,8-9,18H,7H2,1-3H3,(H,15,17). The highest BCUT2D eigenvalue weighted by Crippen LogP contribution is 2.27. The molecule has 0 radical (unpaired) electrons. The van der Waals surface area contributed by atoms with Crippen LogP contribution < -0.4 is 5.32 Å². The number of amides is 1. The van der Waals surface area contributed by atoms with Crippen molar-refractivity contribution in [2.24, 2.45) is 5.92 Å². The molecule has 0 fully saturated rings. The molecule has 2 aromatic heterocycles. The molecule has 0 aliphatic heterocycles. The molecule has 1 amide bonds. The second-order valence-corrected chi connectivity index (χ2v) is 6.15. The summed E-state index contributed by atoms with van der Waals surface area (Å²) >= 11 is 1.48. The van der Waals surface area contributed by atoms with Crippen molar-refractivity contribution in [1.82, 2.24) is 10.3 Å². The summed E-state index contributed by atoms with van der Waals surface area (Å²) in [4.78, 5) is 17.0. The molecule has 1 atom stereocenters. The lowest BCUT2D eigenvalue weighted by Gasteiger charge is -2.27. The highest BCUT2D eigenvalue weighted by atomic mass is 32.1. The number of oxazole rings is 1. The van der Waals surface area contributed by atoms with Gasteiger partial charge in [-0.05, 0) is 24.3 Å². The van der Waals surface area contributed by atoms with Gasteiger partial charge in [-0.1, -0.05) is 19.9 Å². The van der Waals surface area contributed by atoms with Gasteiger partial charge in [-0.2, -0.15) is 0 Å². The van der Waals surface area contributed by atoms with E-state index in [0.29, 0.717) is 5.76 Å². The molecule has 0 aliphatic rings. The first-order valence-electron chi connectivity index (χ1n) is 6.40. The summed E-state index contributed by atoms with van der Waals surface area (Å²) in [6.07, 6.45) is 1.25. The Morgan fingerprint density at radius 1 is 1.60 bits per heavy atom. The first kappa shape index (κ1) is 14.7. The summed E-state index contributed by atoms with van der Waals surface area (Å²) in [5.74, 6) is 0.154. The average Bonchev–Trinajstić information content (AvgIpc) is 3.05. The summed E-state index contributed by atoms with van der Waals surface area (Å²) in [5.41, 5.74) is -0.713. The molecular formula is C14H18N2O3S. The third-order valence-electron chi connectivity index (χ3n) is 3.38. The van der Waals surface area contributed by atoms with Gasteiger partial charge in [-0.15, -0.1) is 11.3 Å². The number of nitrogens with zero attached hydrogens (tertiary/aromatic N) is 1. The van der Waals surface area contributed by atoms with E-state index in [-0.39, 0.29) is 24.1 Å². The number of aliphatic hydroxyl groups is 1. The van der Waals surface area contributed by atoms with E-state index in [9.17, 15) is 9.90 Å². The number of rotatable bonds is 5. The third kappa shape index (κ3) is 3.08. The fraction of sp³-hybridized carbons (Fsp3) is 0.429. The zero-order chi connectivity index (χ0) is 14.8. The van der Waals surface area contributed by atoms with Gasteiger partial charge in [0.25, 0.3) is 5.91 Å². The highest BCUT2D eigenvalue weighted by molar-refractivity contribution is 7.13. The second-order valence-electron chi connectivity index (χ2n) is 5.20. The fourth-order valence-electron chi connectivity index (χ4n) is 1.54. The first-order chi connectivity index (χ1) is 9.42. The van der Waals surface area contributed by atoms with Crippen molar-refractivity contribution in [3.63, 3.8) is 0 Å². The number of thiophene rings is 1. The van der Waals surface area contributed by atoms with Gasteiger partial charge in [0.2, 0.25) is 0 Å². The largest absolute Gasteiger partial charge is 0.442 e. The van der Waals surface area contributed by atoms with Crippen LogP contribution in [0.15, 0.2) is 28.3 Å². The SMILES string of the molecule is CC(C)C(C)(O)CNC(=O)c1ncoc1-c1cccs1. The molecule has 2 heterocycles. The quantitative estimate of drug-likeness (QED) is 0.888. The third-order valence-corrected chi connectivity index (χ3v) is 4.25. The van der Waals surface area contributed by atoms with Gasteiger partial charge in [-0.25, -0.2) is 4.98 Å². The van der Waals surface area contributed by atoms with Crippen LogP contribution in [0, 0.1) is 5.92 Å². The molecule has 1 unspecified atom stereocenters. The Labute approximate surface area is 121 Å². The maximum atomic E-state index is 12.2. The number of carbonyl (C=O) groups excluding carboxylic acids is 1. The molecule has 0 aromatic carbocycles. The molecule has 0 aliphatic carbocycles. The molecule has 108 valence electrons. The van der Waals surface area contributed by atoms with Crippen LogP contribution in [0.25, 0.3) is 10.6 Å². The van der Waals surface area contributed by atoms with Crippen molar-refractivity contribution in [2.75, 3.05) is 6.54 Å². The van der Waals surface area contributed by atoms with Crippen LogP contribution in [0.4, 0.5) is 0 Å². The summed E-state index contributed by atoms with van der Waals surface area (Å²) in [7, 11) is 0. The van der Waals surface area contributed by atoms with Crippen LogP contribution in [0.5, 0.6) is 0 Å². The summed E-state index contributed by atoms with van der Waals surface area (Å²) in [6.45, 7) is 5.67. The predicted octanol–water partition coefficient (Wildman–Crippen LogP) is 2.54. The van der Waals surface area contributed by atoms with Crippen molar-refractivity contribution < 1.29 is 14.3 Å². The van der Waals surface area contributed by atoms with Gasteiger partial charge in [0, 0.05) is 6.54 Å². The van der Waals surface area contributed by atoms with Gasteiger partial charge in [0.1, 0.15) is 0 Å². The highest BCUT2D eigenvalue weighted by Gasteiger charge is 2.27. The van der Waals surface area contributed by atoms with E-state index in [4.69, 9.17) is 4.42 Å². The normalized spacial score (nSPS) is 14.2. The maximum Gasteiger partial charge on any atom is 0.274 e. The minimum Gasteiger partial charge on any atom is -0.442 e. The second kappa shape index (κ2) is 5.76. The van der Waals surface area contributed by atoms with Gasteiger partial charge >= 0.3 is 0 Å². The van der Waals surface area contributed by atoms with Gasteiger partial charge in [0.05, 0.1) is 10.5 Å². The fourth-order valence-corrected chi connectivity index (χ4v) is 2.25. The Kier molecular flexibility index (Phi) is 4.25. The predicted molar refractivity (Wildman–Crippen MR) is 77.6 cm³/mol. The number of carbonyl (C=O) groups is 1. The van der Waals surface area contributed by atoms with Crippen LogP contribution in [-0.4, -0.2) is 28.1 Å². The Morgan fingerprint density at radius 2 is 2.35 bits per heavy atom. The van der Waals surface area contributed by atoms with E-state index < -0.39 is 5.60 Å². The minimum absolute atomic E-state index is 0.0388. The van der Waals surface area contributed by atoms with Gasteiger partial charge < -0.3 is 14.8 Å². The lowest BCUT2D eigenvalue weighted by Crippen LogP contribution is -2.44. The zero-order valence-electron chi connectivity index (χ0n) is 11.7. The van der Waals surface area contributed by atoms with E-state index in [1.165, 1.54) is 17.7 Å². The Morgan fingerprint density at radius 3 is 2.95 bits per heavy atom. The number of aromatic nitrogens is 1. The molecule has 20 heavy (non-hydrogen) atoms. The van der Waals surface area contributed by atoms with Crippen molar-refractivity contribution in [3.05, 3.63) is 29.6 Å². The summed E-state index contributed by atoms with van der Waals surface area (Å²) < 4.78 is 5.29. The lowest BCUT2D eigenvalue weighted by atomic mass is 9.92. The number of nitrogens with one attached hydrogen (secondary N) is 1. The molecular weight excluding hydrogens is 276 g/mol. The zero-order valence-corrected chi connectivity index (χ0v) is 12.5. The van der Waals surface area contributed by atoms with Gasteiger partial charge in [-0.3, -0.25) is 4.79 Å². The van der Waals surface area contributed by atoms with Crippen LogP contribution in [0.2, 0.25) is 0 Å². The van der Waals surface area contributed by atoms with Crippen LogP contribution >= 0.6 is 11.3 Å². The van der Waals surface area contributed by atoms with Crippen LogP contribution in [0.1, 0.15) is 31.3 Å². The maximum absolute atomic E-state index is 12.2. The lowest BCUT2D eigenvalue weighted by molar-refractivity contribution is 0.0142. The average molecular weight is 294 g/mol. The van der Waals surface area contributed by atoms with Crippen LogP contribution in [-0.2, 0) is 0 Å². The summed E-state index contributed by atoms with van der Waals surface area (Å²) in [5, 5.41) is 14.7. The topological polar surface area (TPSA) is 75.4 Å². The van der Waals surface area contributed by atoms with Crippen molar-refractivity contribution >= 4 is 17.2 Å². The first-order valence-corrected chi connectivity index (χ1v) is 7.27. The molecule has 0 saturated heterocycles.